The average Bonchev–Trinajstić information content (AvgIpc) is 2.72. The summed E-state index contributed by atoms with van der Waals surface area (Å²) in [6, 6.07) is 4.65. The van der Waals surface area contributed by atoms with Crippen molar-refractivity contribution in [3.8, 4) is 5.75 Å². The summed E-state index contributed by atoms with van der Waals surface area (Å²) in [4.78, 5) is 36.2. The predicted octanol–water partition coefficient (Wildman–Crippen LogP) is 2.66. The molecule has 1 atom stereocenters. The second-order valence-electron chi connectivity index (χ2n) is 7.78. The molecule has 1 aromatic carbocycles. The number of carbonyl (C=O) groups is 3. The van der Waals surface area contributed by atoms with E-state index in [4.69, 9.17) is 14.1 Å². The van der Waals surface area contributed by atoms with Gasteiger partial charge in [0.1, 0.15) is 11.3 Å². The van der Waals surface area contributed by atoms with E-state index in [9.17, 15) is 28.2 Å². The standard InChI is InChI=1S/C21H28BF2NO7/c1-4-13(5-2)19(27)30-12-31-20(28)15-8-6-7-14-11-16(22(29)32-18(14)15)25-17(26)9-10-21(3,23)24/h6-8,13,16,29H,4-5,9-12H2,1-3H3,(H,25,26). The van der Waals surface area contributed by atoms with Gasteiger partial charge in [-0.1, -0.05) is 26.0 Å². The van der Waals surface area contributed by atoms with Crippen molar-refractivity contribution < 1.29 is 42.3 Å². The average molecular weight is 455 g/mol. The molecule has 2 N–H and O–H groups in total. The van der Waals surface area contributed by atoms with E-state index in [1.165, 1.54) is 6.07 Å². The maximum absolute atomic E-state index is 12.9. The van der Waals surface area contributed by atoms with Crippen LogP contribution in [-0.2, 0) is 25.5 Å². The Kier molecular flexibility index (Phi) is 9.00. The lowest BCUT2D eigenvalue weighted by Gasteiger charge is -2.29. The SMILES string of the molecule is CCC(CC)C(=O)OCOC(=O)c1cccc2c1OB(O)C(NC(=O)CCC(C)(F)F)C2. The van der Waals surface area contributed by atoms with Gasteiger partial charge in [0, 0.05) is 12.8 Å². The topological polar surface area (TPSA) is 111 Å². The van der Waals surface area contributed by atoms with Crippen molar-refractivity contribution in [3.05, 3.63) is 29.3 Å². The number of fused-ring (bicyclic) bond motifs is 1. The molecule has 1 aliphatic rings. The number of alkyl halides is 2. The van der Waals surface area contributed by atoms with E-state index < -0.39 is 56.5 Å². The van der Waals surface area contributed by atoms with E-state index in [1.807, 2.05) is 13.8 Å². The summed E-state index contributed by atoms with van der Waals surface area (Å²) >= 11 is 0. The number of benzene rings is 1. The number of halogens is 2. The molecule has 1 aromatic rings. The fraction of sp³-hybridized carbons (Fsp3) is 0.571. The van der Waals surface area contributed by atoms with Crippen LogP contribution in [0.1, 0.15) is 62.4 Å². The summed E-state index contributed by atoms with van der Waals surface area (Å²) in [6.07, 6.45) is 0.327. The van der Waals surface area contributed by atoms with Crippen LogP contribution in [0.25, 0.3) is 0 Å². The molecule has 0 aliphatic carbocycles. The van der Waals surface area contributed by atoms with Gasteiger partial charge in [0.15, 0.2) is 0 Å². The van der Waals surface area contributed by atoms with Gasteiger partial charge in [-0.25, -0.2) is 13.6 Å². The van der Waals surface area contributed by atoms with Gasteiger partial charge in [0.2, 0.25) is 18.6 Å². The summed E-state index contributed by atoms with van der Waals surface area (Å²) in [7, 11) is -1.49. The molecule has 1 aliphatic heterocycles. The Morgan fingerprint density at radius 1 is 1.28 bits per heavy atom. The van der Waals surface area contributed by atoms with Gasteiger partial charge in [-0.05, 0) is 37.8 Å². The van der Waals surface area contributed by atoms with Crippen LogP contribution < -0.4 is 9.97 Å². The van der Waals surface area contributed by atoms with Gasteiger partial charge in [-0.15, -0.1) is 0 Å². The largest absolute Gasteiger partial charge is 0.547 e. The highest BCUT2D eigenvalue weighted by Gasteiger charge is 2.38. The molecule has 0 spiro atoms. The molecule has 0 aromatic heterocycles. The number of hydrogen-bond donors (Lipinski definition) is 2. The van der Waals surface area contributed by atoms with Crippen LogP contribution in [-0.4, -0.2) is 48.6 Å². The number of rotatable bonds is 10. The minimum atomic E-state index is -2.97. The van der Waals surface area contributed by atoms with Crippen molar-refractivity contribution in [1.82, 2.24) is 5.32 Å². The van der Waals surface area contributed by atoms with Gasteiger partial charge in [0.05, 0.1) is 11.9 Å². The van der Waals surface area contributed by atoms with Crippen molar-refractivity contribution in [1.29, 1.82) is 0 Å². The molecule has 1 unspecified atom stereocenters. The Hall–Kier alpha value is -2.69. The lowest BCUT2D eigenvalue weighted by atomic mass is 9.72. The van der Waals surface area contributed by atoms with Crippen LogP contribution in [0.3, 0.4) is 0 Å². The van der Waals surface area contributed by atoms with E-state index in [0.717, 1.165) is 6.92 Å². The number of carbonyl (C=O) groups excluding carboxylic acids is 3. The molecule has 32 heavy (non-hydrogen) atoms. The zero-order valence-corrected chi connectivity index (χ0v) is 18.4. The quantitative estimate of drug-likeness (QED) is 0.317. The molecule has 0 saturated heterocycles. The van der Waals surface area contributed by atoms with Crippen molar-refractivity contribution in [2.45, 2.75) is 64.7 Å². The summed E-state index contributed by atoms with van der Waals surface area (Å²) in [5, 5.41) is 12.7. The molecule has 176 valence electrons. The smallest absolute Gasteiger partial charge is 0.534 e. The normalized spacial score (nSPS) is 15.6. The highest BCUT2D eigenvalue weighted by atomic mass is 19.3. The van der Waals surface area contributed by atoms with E-state index in [1.54, 1.807) is 12.1 Å². The molecular formula is C21H28BF2NO7. The third-order valence-corrected chi connectivity index (χ3v) is 5.19. The van der Waals surface area contributed by atoms with Gasteiger partial charge < -0.3 is 24.5 Å². The Labute approximate surface area is 185 Å². The lowest BCUT2D eigenvalue weighted by molar-refractivity contribution is -0.157. The molecule has 8 nitrogen and oxygen atoms in total. The van der Waals surface area contributed by atoms with E-state index in [0.29, 0.717) is 18.4 Å². The number of para-hydroxylation sites is 1. The zero-order chi connectivity index (χ0) is 23.9. The predicted molar refractivity (Wildman–Crippen MR) is 111 cm³/mol. The van der Waals surface area contributed by atoms with Crippen LogP contribution in [0, 0.1) is 5.92 Å². The van der Waals surface area contributed by atoms with Gasteiger partial charge in [-0.3, -0.25) is 9.59 Å². The van der Waals surface area contributed by atoms with Crippen molar-refractivity contribution in [3.63, 3.8) is 0 Å². The minimum Gasteiger partial charge on any atom is -0.534 e. The van der Waals surface area contributed by atoms with Gasteiger partial charge in [-0.2, -0.15) is 0 Å². The molecule has 2 rings (SSSR count). The molecule has 11 heteroatoms. The molecule has 0 radical (unpaired) electrons. The fourth-order valence-corrected chi connectivity index (χ4v) is 3.28. The van der Waals surface area contributed by atoms with E-state index >= 15 is 0 Å². The highest BCUT2D eigenvalue weighted by Crippen LogP contribution is 2.31. The van der Waals surface area contributed by atoms with Crippen LogP contribution in [0.2, 0.25) is 0 Å². The number of nitrogens with one attached hydrogen (secondary N) is 1. The maximum Gasteiger partial charge on any atom is 0.547 e. The molecule has 0 bridgehead atoms. The number of ether oxygens (including phenoxy) is 2. The Balaban J connectivity index is 1.98. The first-order valence-electron chi connectivity index (χ1n) is 10.5. The molecular weight excluding hydrogens is 427 g/mol. The first-order chi connectivity index (χ1) is 15.1. The first-order valence-corrected chi connectivity index (χ1v) is 10.5. The Morgan fingerprint density at radius 3 is 2.59 bits per heavy atom. The van der Waals surface area contributed by atoms with Crippen LogP contribution in [0.15, 0.2) is 18.2 Å². The summed E-state index contributed by atoms with van der Waals surface area (Å²) in [6.45, 7) is 3.88. The van der Waals surface area contributed by atoms with Crippen molar-refractivity contribution in [2.24, 2.45) is 5.92 Å². The summed E-state index contributed by atoms with van der Waals surface area (Å²) in [5.74, 6) is -5.93. The monoisotopic (exact) mass is 455 g/mol. The Morgan fingerprint density at radius 2 is 1.97 bits per heavy atom. The van der Waals surface area contributed by atoms with Crippen molar-refractivity contribution >= 4 is 25.0 Å². The van der Waals surface area contributed by atoms with E-state index in [-0.39, 0.29) is 23.7 Å². The third kappa shape index (κ3) is 7.18. The highest BCUT2D eigenvalue weighted by molar-refractivity contribution is 6.47. The van der Waals surface area contributed by atoms with Gasteiger partial charge >= 0.3 is 19.1 Å². The fourth-order valence-electron chi connectivity index (χ4n) is 3.28. The lowest BCUT2D eigenvalue weighted by Crippen LogP contribution is -2.53. The first kappa shape index (κ1) is 25.6. The van der Waals surface area contributed by atoms with Crippen LogP contribution in [0.4, 0.5) is 8.78 Å². The minimum absolute atomic E-state index is 0.0236. The summed E-state index contributed by atoms with van der Waals surface area (Å²) in [5.41, 5.74) is 0.542. The second-order valence-corrected chi connectivity index (χ2v) is 7.78. The van der Waals surface area contributed by atoms with Crippen LogP contribution in [0.5, 0.6) is 5.75 Å². The van der Waals surface area contributed by atoms with E-state index in [2.05, 4.69) is 5.32 Å². The number of esters is 2. The Bertz CT molecular complexity index is 827. The maximum atomic E-state index is 12.9. The second kappa shape index (κ2) is 11.3. The third-order valence-electron chi connectivity index (χ3n) is 5.19. The van der Waals surface area contributed by atoms with Crippen LogP contribution >= 0.6 is 0 Å². The zero-order valence-electron chi connectivity index (χ0n) is 18.4. The molecule has 0 saturated carbocycles. The van der Waals surface area contributed by atoms with Gasteiger partial charge in [0.25, 0.3) is 0 Å². The van der Waals surface area contributed by atoms with Crippen molar-refractivity contribution in [2.75, 3.05) is 6.79 Å². The summed E-state index contributed by atoms with van der Waals surface area (Å²) < 4.78 is 41.3. The molecule has 1 amide bonds. The number of amides is 1. The number of hydrogen-bond acceptors (Lipinski definition) is 7. The molecule has 0 fully saturated rings. The molecule has 1 heterocycles.